The molecule has 0 radical (unpaired) electrons. The summed E-state index contributed by atoms with van der Waals surface area (Å²) in [4.78, 5) is 14.2. The number of benzene rings is 1. The number of rotatable bonds is 5. The van der Waals surface area contributed by atoms with Crippen molar-refractivity contribution in [1.82, 2.24) is 0 Å². The molecule has 2 aliphatic rings. The number of hydrogen-bond acceptors (Lipinski definition) is 5. The van der Waals surface area contributed by atoms with Crippen molar-refractivity contribution in [1.29, 1.82) is 0 Å². The maximum absolute atomic E-state index is 11.9. The monoisotopic (exact) mass is 290 g/mol. The Labute approximate surface area is 125 Å². The number of carbonyl (C=O) groups excluding carboxylic acids is 1. The quantitative estimate of drug-likeness (QED) is 0.666. The minimum Gasteiger partial charge on any atom is -0.489 e. The van der Waals surface area contributed by atoms with Crippen LogP contribution in [0.25, 0.3) is 0 Å². The lowest BCUT2D eigenvalue weighted by Crippen LogP contribution is -2.48. The molecule has 0 aliphatic carbocycles. The molecule has 1 aromatic rings. The highest BCUT2D eigenvalue weighted by atomic mass is 16.5. The van der Waals surface area contributed by atoms with E-state index in [1.54, 1.807) is 0 Å². The number of nitrogens with one attached hydrogen (secondary N) is 1. The summed E-state index contributed by atoms with van der Waals surface area (Å²) in [6.07, 6.45) is 2.35. The molecule has 5 heteroatoms. The van der Waals surface area contributed by atoms with Crippen molar-refractivity contribution in [2.45, 2.75) is 32.2 Å². The number of esters is 1. The van der Waals surface area contributed by atoms with Crippen LogP contribution < -0.4 is 15.0 Å². The van der Waals surface area contributed by atoms with Crippen molar-refractivity contribution in [2.75, 3.05) is 36.5 Å². The molecule has 3 rings (SSSR count). The van der Waals surface area contributed by atoms with Gasteiger partial charge in [-0.25, -0.2) is 0 Å². The van der Waals surface area contributed by atoms with Gasteiger partial charge >= 0.3 is 5.97 Å². The number of carbonyl (C=O) groups is 1. The number of anilines is 2. The van der Waals surface area contributed by atoms with Crippen LogP contribution in [0.1, 0.15) is 26.2 Å². The van der Waals surface area contributed by atoms with Crippen LogP contribution in [0.15, 0.2) is 18.2 Å². The van der Waals surface area contributed by atoms with E-state index in [-0.39, 0.29) is 12.0 Å². The molecule has 1 N–H and O–H groups in total. The summed E-state index contributed by atoms with van der Waals surface area (Å²) in [5, 5.41) is 3.38. The van der Waals surface area contributed by atoms with Crippen LogP contribution in [-0.4, -0.2) is 38.3 Å². The van der Waals surface area contributed by atoms with Gasteiger partial charge in [0, 0.05) is 13.1 Å². The number of unbranched alkanes of at least 4 members (excludes halogenated alkanes) is 1. The third-order valence-electron chi connectivity index (χ3n) is 3.99. The Bertz CT molecular complexity index is 504. The molecular weight excluding hydrogens is 268 g/mol. The molecule has 1 unspecified atom stereocenters. The summed E-state index contributed by atoms with van der Waals surface area (Å²) in [5.41, 5.74) is 2.17. The highest BCUT2D eigenvalue weighted by molar-refractivity contribution is 5.81. The van der Waals surface area contributed by atoms with Crippen LogP contribution in [0.2, 0.25) is 0 Å². The van der Waals surface area contributed by atoms with Gasteiger partial charge in [0.1, 0.15) is 18.0 Å². The molecular formula is C16H22N2O3. The number of ether oxygens (including phenoxy) is 2. The molecule has 114 valence electrons. The summed E-state index contributed by atoms with van der Waals surface area (Å²) >= 11 is 0. The number of nitrogens with zero attached hydrogens (tertiary/aromatic N) is 1. The van der Waals surface area contributed by atoms with E-state index in [4.69, 9.17) is 9.47 Å². The van der Waals surface area contributed by atoms with Gasteiger partial charge in [0.15, 0.2) is 0 Å². The second-order valence-corrected chi connectivity index (χ2v) is 5.52. The zero-order chi connectivity index (χ0) is 14.7. The van der Waals surface area contributed by atoms with E-state index in [1.807, 2.05) is 12.1 Å². The number of para-hydroxylation sites is 1. The average Bonchev–Trinajstić information content (AvgIpc) is 2.51. The fourth-order valence-electron chi connectivity index (χ4n) is 2.89. The maximum Gasteiger partial charge on any atom is 0.308 e. The van der Waals surface area contributed by atoms with Crippen LogP contribution in [0.3, 0.4) is 0 Å². The molecule has 1 aromatic carbocycles. The first-order valence-corrected chi connectivity index (χ1v) is 7.71. The molecule has 0 saturated heterocycles. The van der Waals surface area contributed by atoms with Crippen molar-refractivity contribution in [3.8, 4) is 5.75 Å². The van der Waals surface area contributed by atoms with Crippen LogP contribution in [0.4, 0.5) is 11.4 Å². The van der Waals surface area contributed by atoms with Crippen molar-refractivity contribution >= 4 is 17.3 Å². The van der Waals surface area contributed by atoms with Crippen LogP contribution >= 0.6 is 0 Å². The zero-order valence-corrected chi connectivity index (χ0v) is 12.4. The molecule has 0 bridgehead atoms. The summed E-state index contributed by atoms with van der Waals surface area (Å²) in [7, 11) is 0. The first-order valence-electron chi connectivity index (χ1n) is 7.71. The lowest BCUT2D eigenvalue weighted by molar-refractivity contribution is -0.144. The smallest absolute Gasteiger partial charge is 0.308 e. The standard InChI is InChI=1S/C16H22N2O3/c1-2-3-9-20-15(19)10-12-11-21-14-6-4-5-13-16(14)18(12)8-7-17-13/h4-6,12,17H,2-3,7-11H2,1H3. The first kappa shape index (κ1) is 14.0. The fourth-order valence-corrected chi connectivity index (χ4v) is 2.89. The predicted octanol–water partition coefficient (Wildman–Crippen LogP) is 2.41. The van der Waals surface area contributed by atoms with Crippen molar-refractivity contribution in [3.63, 3.8) is 0 Å². The van der Waals surface area contributed by atoms with Gasteiger partial charge in [-0.05, 0) is 18.6 Å². The van der Waals surface area contributed by atoms with E-state index < -0.39 is 0 Å². The van der Waals surface area contributed by atoms with Gasteiger partial charge in [-0.1, -0.05) is 19.4 Å². The van der Waals surface area contributed by atoms with Crippen molar-refractivity contribution in [2.24, 2.45) is 0 Å². The van der Waals surface area contributed by atoms with Crippen molar-refractivity contribution in [3.05, 3.63) is 18.2 Å². The third-order valence-corrected chi connectivity index (χ3v) is 3.99. The largest absolute Gasteiger partial charge is 0.489 e. The van der Waals surface area contributed by atoms with E-state index in [2.05, 4.69) is 23.2 Å². The van der Waals surface area contributed by atoms with Gasteiger partial charge < -0.3 is 19.7 Å². The Morgan fingerprint density at radius 2 is 2.43 bits per heavy atom. The summed E-state index contributed by atoms with van der Waals surface area (Å²) < 4.78 is 11.1. The summed E-state index contributed by atoms with van der Waals surface area (Å²) in [6.45, 7) is 4.92. The van der Waals surface area contributed by atoms with Gasteiger partial charge in [0.25, 0.3) is 0 Å². The van der Waals surface area contributed by atoms with Gasteiger partial charge in [-0.3, -0.25) is 4.79 Å². The van der Waals surface area contributed by atoms with Crippen LogP contribution in [0, 0.1) is 0 Å². The Kier molecular flexibility index (Phi) is 4.18. The van der Waals surface area contributed by atoms with Gasteiger partial charge in [0.2, 0.25) is 0 Å². The molecule has 5 nitrogen and oxygen atoms in total. The maximum atomic E-state index is 11.9. The first-order chi connectivity index (χ1) is 10.3. The molecule has 2 aliphatic heterocycles. The molecule has 1 atom stereocenters. The number of hydrogen-bond donors (Lipinski definition) is 1. The molecule has 0 spiro atoms. The average molecular weight is 290 g/mol. The van der Waals surface area contributed by atoms with E-state index in [0.717, 1.165) is 43.1 Å². The Hall–Kier alpha value is -1.91. The second-order valence-electron chi connectivity index (χ2n) is 5.52. The summed E-state index contributed by atoms with van der Waals surface area (Å²) in [5.74, 6) is 0.770. The summed E-state index contributed by atoms with van der Waals surface area (Å²) in [6, 6.07) is 6.09. The Morgan fingerprint density at radius 3 is 3.29 bits per heavy atom. The fraction of sp³-hybridized carbons (Fsp3) is 0.562. The minimum absolute atomic E-state index is 0.0647. The van der Waals surface area contributed by atoms with Gasteiger partial charge in [-0.15, -0.1) is 0 Å². The Morgan fingerprint density at radius 1 is 1.52 bits per heavy atom. The van der Waals surface area contributed by atoms with Gasteiger partial charge in [-0.2, -0.15) is 0 Å². The normalized spacial score (nSPS) is 19.3. The molecule has 0 amide bonds. The topological polar surface area (TPSA) is 50.8 Å². The van der Waals surface area contributed by atoms with Crippen LogP contribution in [0.5, 0.6) is 5.75 Å². The van der Waals surface area contributed by atoms with Gasteiger partial charge in [0.05, 0.1) is 24.8 Å². The Balaban J connectivity index is 1.69. The van der Waals surface area contributed by atoms with E-state index in [1.165, 1.54) is 0 Å². The highest BCUT2D eigenvalue weighted by Crippen LogP contribution is 2.42. The molecule has 0 aromatic heterocycles. The SMILES string of the molecule is CCCCOC(=O)CC1COc2cccc3c2N1CCN3. The molecule has 21 heavy (non-hydrogen) atoms. The second kappa shape index (κ2) is 6.24. The molecule has 0 fully saturated rings. The molecule has 0 saturated carbocycles. The highest BCUT2D eigenvalue weighted by Gasteiger charge is 2.33. The van der Waals surface area contributed by atoms with Crippen molar-refractivity contribution < 1.29 is 14.3 Å². The van der Waals surface area contributed by atoms with E-state index in [0.29, 0.717) is 19.6 Å². The third kappa shape index (κ3) is 2.91. The van der Waals surface area contributed by atoms with Crippen LogP contribution in [-0.2, 0) is 9.53 Å². The zero-order valence-electron chi connectivity index (χ0n) is 12.4. The minimum atomic E-state index is -0.128. The molecule has 2 heterocycles. The predicted molar refractivity (Wildman–Crippen MR) is 82.0 cm³/mol. The lowest BCUT2D eigenvalue weighted by atomic mass is 10.1. The lowest BCUT2D eigenvalue weighted by Gasteiger charge is -2.42. The van der Waals surface area contributed by atoms with E-state index in [9.17, 15) is 4.79 Å². The van der Waals surface area contributed by atoms with E-state index >= 15 is 0 Å².